The predicted molar refractivity (Wildman–Crippen MR) is 97.3 cm³/mol. The van der Waals surface area contributed by atoms with E-state index in [1.807, 2.05) is 6.07 Å². The molecule has 0 radical (unpaired) electrons. The summed E-state index contributed by atoms with van der Waals surface area (Å²) in [5.41, 5.74) is 1.81. The third-order valence-corrected chi connectivity index (χ3v) is 4.39. The topological polar surface area (TPSA) is 91.2 Å². The third kappa shape index (κ3) is 3.17. The van der Waals surface area contributed by atoms with Crippen molar-refractivity contribution in [3.05, 3.63) is 65.0 Å². The van der Waals surface area contributed by atoms with Crippen molar-refractivity contribution in [1.82, 2.24) is 15.1 Å². The first-order valence-corrected chi connectivity index (χ1v) is 8.55. The summed E-state index contributed by atoms with van der Waals surface area (Å²) in [6.45, 7) is 3.42. The van der Waals surface area contributed by atoms with Crippen molar-refractivity contribution in [2.45, 2.75) is 20.0 Å². The number of benzene rings is 1. The molecule has 3 heterocycles. The summed E-state index contributed by atoms with van der Waals surface area (Å²) in [6, 6.07) is 8.90. The van der Waals surface area contributed by atoms with Crippen LogP contribution < -0.4 is 0 Å². The highest BCUT2D eigenvalue weighted by Crippen LogP contribution is 2.32. The molecule has 4 aromatic rings. The summed E-state index contributed by atoms with van der Waals surface area (Å²) >= 11 is 6.13. The van der Waals surface area contributed by atoms with Gasteiger partial charge in [-0.2, -0.15) is 4.98 Å². The van der Waals surface area contributed by atoms with E-state index in [4.69, 9.17) is 25.3 Å². The molecule has 0 N–H and O–H groups in total. The van der Waals surface area contributed by atoms with Crippen molar-refractivity contribution in [2.24, 2.45) is 0 Å². The van der Waals surface area contributed by atoms with Gasteiger partial charge < -0.3 is 13.7 Å². The average molecular weight is 384 g/mol. The maximum atomic E-state index is 12.5. The monoisotopic (exact) mass is 383 g/mol. The Labute approximate surface area is 158 Å². The molecule has 1 aromatic carbocycles. The van der Waals surface area contributed by atoms with Gasteiger partial charge in [0, 0.05) is 28.9 Å². The Morgan fingerprint density at radius 3 is 2.85 bits per heavy atom. The smallest absolute Gasteiger partial charge is 0.375 e. The lowest BCUT2D eigenvalue weighted by Crippen LogP contribution is -2.09. The number of rotatable bonds is 4. The molecule has 0 spiro atoms. The Bertz CT molecular complexity index is 1120. The number of para-hydroxylation sites is 1. The van der Waals surface area contributed by atoms with Crippen LogP contribution in [0.2, 0.25) is 5.02 Å². The molecule has 0 aliphatic carbocycles. The van der Waals surface area contributed by atoms with E-state index in [-0.39, 0.29) is 11.7 Å². The van der Waals surface area contributed by atoms with Gasteiger partial charge in [0.25, 0.3) is 5.89 Å². The fourth-order valence-corrected chi connectivity index (χ4v) is 2.89. The maximum absolute atomic E-state index is 12.5. The molecular weight excluding hydrogens is 370 g/mol. The van der Waals surface area contributed by atoms with Crippen LogP contribution in [0.25, 0.3) is 22.4 Å². The van der Waals surface area contributed by atoms with Crippen LogP contribution in [0.4, 0.5) is 0 Å². The van der Waals surface area contributed by atoms with Gasteiger partial charge in [-0.25, -0.2) is 4.79 Å². The molecule has 0 aliphatic rings. The normalized spacial score (nSPS) is 12.3. The van der Waals surface area contributed by atoms with Gasteiger partial charge in [0.15, 0.2) is 11.7 Å². The minimum absolute atomic E-state index is 0.0944. The zero-order valence-corrected chi connectivity index (χ0v) is 15.2. The number of carbonyl (C=O) groups is 1. The Kier molecular flexibility index (Phi) is 4.37. The highest BCUT2D eigenvalue weighted by Gasteiger charge is 2.25. The SMILES string of the molecule is Cc1c(C(=O)OC(C)c2nc(-c3cccnc3)no2)oc2c(Cl)cccc12. The molecule has 136 valence electrons. The largest absolute Gasteiger partial charge is 0.447 e. The number of aromatic nitrogens is 3. The lowest BCUT2D eigenvalue weighted by molar-refractivity contribution is 0.0231. The van der Waals surface area contributed by atoms with Crippen LogP contribution in [0.3, 0.4) is 0 Å². The number of nitrogens with zero attached hydrogens (tertiary/aromatic N) is 3. The quantitative estimate of drug-likeness (QED) is 0.469. The zero-order chi connectivity index (χ0) is 19.0. The molecule has 0 saturated carbocycles. The summed E-state index contributed by atoms with van der Waals surface area (Å²) in [4.78, 5) is 20.8. The minimum atomic E-state index is -0.751. The number of ether oxygens (including phenoxy) is 1. The number of furan rings is 1. The van der Waals surface area contributed by atoms with E-state index in [1.54, 1.807) is 50.5 Å². The van der Waals surface area contributed by atoms with Crippen molar-refractivity contribution in [2.75, 3.05) is 0 Å². The summed E-state index contributed by atoms with van der Waals surface area (Å²) in [7, 11) is 0. The van der Waals surface area contributed by atoms with E-state index >= 15 is 0 Å². The molecule has 7 nitrogen and oxygen atoms in total. The second-order valence-corrected chi connectivity index (χ2v) is 6.33. The number of pyridine rings is 1. The first-order valence-electron chi connectivity index (χ1n) is 8.17. The number of esters is 1. The fourth-order valence-electron chi connectivity index (χ4n) is 2.68. The molecule has 4 rings (SSSR count). The Morgan fingerprint density at radius 2 is 2.11 bits per heavy atom. The number of aryl methyl sites for hydroxylation is 1. The van der Waals surface area contributed by atoms with Gasteiger partial charge in [-0.15, -0.1) is 0 Å². The van der Waals surface area contributed by atoms with E-state index in [2.05, 4.69) is 15.1 Å². The first-order chi connectivity index (χ1) is 13.0. The van der Waals surface area contributed by atoms with E-state index in [1.165, 1.54) is 0 Å². The van der Waals surface area contributed by atoms with E-state index < -0.39 is 12.1 Å². The molecule has 0 bridgehead atoms. The fraction of sp³-hybridized carbons (Fsp3) is 0.158. The van der Waals surface area contributed by atoms with Crippen molar-refractivity contribution in [1.29, 1.82) is 0 Å². The highest BCUT2D eigenvalue weighted by molar-refractivity contribution is 6.35. The van der Waals surface area contributed by atoms with E-state index in [0.717, 1.165) is 5.39 Å². The van der Waals surface area contributed by atoms with Gasteiger partial charge in [0.05, 0.1) is 5.02 Å². The molecule has 1 unspecified atom stereocenters. The number of hydrogen-bond donors (Lipinski definition) is 0. The third-order valence-electron chi connectivity index (χ3n) is 4.09. The van der Waals surface area contributed by atoms with Crippen molar-refractivity contribution < 1.29 is 18.5 Å². The molecule has 0 aliphatic heterocycles. The van der Waals surface area contributed by atoms with E-state index in [0.29, 0.717) is 27.6 Å². The average Bonchev–Trinajstić information content (AvgIpc) is 3.29. The summed E-state index contributed by atoms with van der Waals surface area (Å²) < 4.78 is 16.3. The van der Waals surface area contributed by atoms with Gasteiger partial charge in [-0.3, -0.25) is 4.98 Å². The van der Waals surface area contributed by atoms with Gasteiger partial charge in [-0.1, -0.05) is 28.9 Å². The summed E-state index contributed by atoms with van der Waals surface area (Å²) in [6.07, 6.45) is 2.52. The van der Waals surface area contributed by atoms with Crippen molar-refractivity contribution in [3.8, 4) is 11.4 Å². The maximum Gasteiger partial charge on any atom is 0.375 e. The van der Waals surface area contributed by atoms with Gasteiger partial charge in [0.1, 0.15) is 0 Å². The van der Waals surface area contributed by atoms with Gasteiger partial charge >= 0.3 is 5.97 Å². The standard InChI is InChI=1S/C19H14ClN3O4/c1-10-13-6-3-7-14(20)16(13)26-15(10)19(24)25-11(2)18-22-17(23-27-18)12-5-4-8-21-9-12/h3-9,11H,1-2H3. The number of halogens is 1. The highest BCUT2D eigenvalue weighted by atomic mass is 35.5. The lowest BCUT2D eigenvalue weighted by atomic mass is 10.1. The van der Waals surface area contributed by atoms with Crippen LogP contribution in [0, 0.1) is 6.92 Å². The zero-order valence-electron chi connectivity index (χ0n) is 14.5. The van der Waals surface area contributed by atoms with Crippen LogP contribution in [0.5, 0.6) is 0 Å². The van der Waals surface area contributed by atoms with Crippen LogP contribution in [0.15, 0.2) is 51.7 Å². The van der Waals surface area contributed by atoms with Gasteiger partial charge in [0.2, 0.25) is 11.6 Å². The number of fused-ring (bicyclic) bond motifs is 1. The number of hydrogen-bond acceptors (Lipinski definition) is 7. The van der Waals surface area contributed by atoms with Crippen LogP contribution in [-0.4, -0.2) is 21.1 Å². The molecule has 27 heavy (non-hydrogen) atoms. The lowest BCUT2D eigenvalue weighted by Gasteiger charge is -2.07. The second kappa shape index (κ2) is 6.85. The predicted octanol–water partition coefficient (Wildman–Crippen LogP) is 4.76. The van der Waals surface area contributed by atoms with Gasteiger partial charge in [-0.05, 0) is 32.0 Å². The van der Waals surface area contributed by atoms with Crippen LogP contribution >= 0.6 is 11.6 Å². The van der Waals surface area contributed by atoms with Crippen LogP contribution in [0.1, 0.15) is 35.0 Å². The molecule has 8 heteroatoms. The molecule has 0 fully saturated rings. The number of carbonyl (C=O) groups excluding carboxylic acids is 1. The molecule has 1 atom stereocenters. The molecular formula is C19H14ClN3O4. The molecule has 3 aromatic heterocycles. The minimum Gasteiger partial charge on any atom is -0.447 e. The van der Waals surface area contributed by atoms with E-state index in [9.17, 15) is 4.79 Å². The Hall–Kier alpha value is -3.19. The first kappa shape index (κ1) is 17.2. The molecule has 0 saturated heterocycles. The molecule has 0 amide bonds. The van der Waals surface area contributed by atoms with Crippen LogP contribution in [-0.2, 0) is 4.74 Å². The summed E-state index contributed by atoms with van der Waals surface area (Å²) in [5, 5.41) is 5.09. The van der Waals surface area contributed by atoms with Crippen molar-refractivity contribution in [3.63, 3.8) is 0 Å². The summed E-state index contributed by atoms with van der Waals surface area (Å²) in [5.74, 6) is 0.00652. The Balaban J connectivity index is 1.56. The second-order valence-electron chi connectivity index (χ2n) is 5.92. The van der Waals surface area contributed by atoms with Crippen molar-refractivity contribution >= 4 is 28.5 Å². The Morgan fingerprint density at radius 1 is 1.26 bits per heavy atom.